The van der Waals surface area contributed by atoms with E-state index in [1.165, 1.54) is 0 Å². The monoisotopic (exact) mass is 409 g/mol. The van der Waals surface area contributed by atoms with Crippen molar-refractivity contribution in [3.05, 3.63) is 48.2 Å². The van der Waals surface area contributed by atoms with Gasteiger partial charge in [-0.15, -0.1) is 0 Å². The number of carbonyl (C=O) groups is 2. The highest BCUT2D eigenvalue weighted by molar-refractivity contribution is 5.95. The minimum Gasteiger partial charge on any atom is -0.354 e. The molecule has 30 heavy (non-hydrogen) atoms. The number of aromatic nitrogens is 1. The van der Waals surface area contributed by atoms with Gasteiger partial charge in [0.1, 0.15) is 5.82 Å². The van der Waals surface area contributed by atoms with Crippen LogP contribution in [0.1, 0.15) is 5.56 Å². The van der Waals surface area contributed by atoms with E-state index in [1.54, 1.807) is 23.2 Å². The summed E-state index contributed by atoms with van der Waals surface area (Å²) in [6, 6.07) is 10.8. The Kier molecular flexibility index (Phi) is 5.99. The number of nitrogens with zero attached hydrogens (tertiary/aromatic N) is 4. The van der Waals surface area contributed by atoms with Crippen molar-refractivity contribution >= 4 is 29.3 Å². The van der Waals surface area contributed by atoms with Gasteiger partial charge in [0.25, 0.3) is 0 Å². The lowest BCUT2D eigenvalue weighted by Crippen LogP contribution is -2.44. The number of pyridine rings is 1. The molecule has 2 aliphatic heterocycles. The third kappa shape index (κ3) is 4.80. The molecule has 4 rings (SSSR count). The molecule has 9 heteroatoms. The van der Waals surface area contributed by atoms with Gasteiger partial charge in [-0.05, 0) is 42.9 Å². The van der Waals surface area contributed by atoms with Gasteiger partial charge in [0.15, 0.2) is 0 Å². The molecule has 2 fully saturated rings. The summed E-state index contributed by atoms with van der Waals surface area (Å²) in [6.45, 7) is 5.59. The molecule has 0 spiro atoms. The Hall–Kier alpha value is -3.33. The fourth-order valence-corrected chi connectivity index (χ4v) is 3.61. The average molecular weight is 409 g/mol. The van der Waals surface area contributed by atoms with Gasteiger partial charge in [-0.2, -0.15) is 0 Å². The van der Waals surface area contributed by atoms with Gasteiger partial charge in [0, 0.05) is 63.4 Å². The summed E-state index contributed by atoms with van der Waals surface area (Å²) >= 11 is 0. The second kappa shape index (κ2) is 9.00. The number of amides is 4. The minimum atomic E-state index is -0.295. The lowest BCUT2D eigenvalue weighted by molar-refractivity contribution is 0.251. The lowest BCUT2D eigenvalue weighted by atomic mass is 10.2. The maximum absolute atomic E-state index is 12.4. The summed E-state index contributed by atoms with van der Waals surface area (Å²) in [7, 11) is 2.12. The Morgan fingerprint density at radius 2 is 1.97 bits per heavy atom. The quantitative estimate of drug-likeness (QED) is 0.699. The highest BCUT2D eigenvalue weighted by atomic mass is 16.2. The van der Waals surface area contributed by atoms with E-state index in [1.807, 2.05) is 24.3 Å². The highest BCUT2D eigenvalue weighted by Gasteiger charge is 2.21. The lowest BCUT2D eigenvalue weighted by Gasteiger charge is -2.33. The van der Waals surface area contributed by atoms with Crippen molar-refractivity contribution in [2.75, 3.05) is 61.4 Å². The van der Waals surface area contributed by atoms with Crippen molar-refractivity contribution in [2.24, 2.45) is 0 Å². The molecule has 0 aliphatic carbocycles. The van der Waals surface area contributed by atoms with Crippen LogP contribution in [0.2, 0.25) is 0 Å². The first-order valence-corrected chi connectivity index (χ1v) is 10.2. The summed E-state index contributed by atoms with van der Waals surface area (Å²) in [5, 5.41) is 8.49. The van der Waals surface area contributed by atoms with Crippen LogP contribution in [-0.4, -0.2) is 68.3 Å². The average Bonchev–Trinajstić information content (AvgIpc) is 3.19. The van der Waals surface area contributed by atoms with Crippen LogP contribution in [-0.2, 0) is 6.54 Å². The fraction of sp³-hybridized carbons (Fsp3) is 0.381. The summed E-state index contributed by atoms with van der Waals surface area (Å²) < 4.78 is 0. The largest absolute Gasteiger partial charge is 0.354 e. The second-order valence-corrected chi connectivity index (χ2v) is 7.55. The Morgan fingerprint density at radius 1 is 1.13 bits per heavy atom. The van der Waals surface area contributed by atoms with Crippen LogP contribution in [0.15, 0.2) is 42.6 Å². The predicted molar refractivity (Wildman–Crippen MR) is 117 cm³/mol. The molecule has 4 amide bonds. The molecule has 1 aromatic carbocycles. The molecule has 0 radical (unpaired) electrons. The molecule has 0 bridgehead atoms. The number of nitrogens with one attached hydrogen (secondary N) is 3. The van der Waals surface area contributed by atoms with Gasteiger partial charge in [-0.1, -0.05) is 6.07 Å². The molecule has 158 valence electrons. The number of urea groups is 2. The standard InChI is InChI=1S/C21H27N7O2/c1-26-9-11-27(12-10-26)19-13-16(5-6-22-19)15-24-20(29)25-17-3-2-4-18(14-17)28-8-7-23-21(28)30/h2-6,13-14H,7-12,15H2,1H3,(H,23,30)(H2,24,25,29). The van der Waals surface area contributed by atoms with Crippen molar-refractivity contribution in [1.82, 2.24) is 20.5 Å². The van der Waals surface area contributed by atoms with E-state index in [2.05, 4.69) is 37.8 Å². The van der Waals surface area contributed by atoms with Crippen LogP contribution in [0.3, 0.4) is 0 Å². The van der Waals surface area contributed by atoms with Crippen LogP contribution in [0.25, 0.3) is 0 Å². The molecule has 0 atom stereocenters. The van der Waals surface area contributed by atoms with E-state index in [4.69, 9.17) is 0 Å². The number of carbonyl (C=O) groups excluding carboxylic acids is 2. The first-order valence-electron chi connectivity index (χ1n) is 10.2. The van der Waals surface area contributed by atoms with Crippen molar-refractivity contribution in [3.8, 4) is 0 Å². The number of likely N-dealkylation sites (N-methyl/N-ethyl adjacent to an activating group) is 1. The topological polar surface area (TPSA) is 92.8 Å². The molecule has 3 N–H and O–H groups in total. The normalized spacial score (nSPS) is 17.0. The number of benzene rings is 1. The van der Waals surface area contributed by atoms with E-state index in [9.17, 15) is 9.59 Å². The SMILES string of the molecule is CN1CCN(c2cc(CNC(=O)Nc3cccc(N4CCNC4=O)c3)ccn2)CC1. The van der Waals surface area contributed by atoms with Crippen LogP contribution >= 0.6 is 0 Å². The number of anilines is 3. The van der Waals surface area contributed by atoms with E-state index in [0.717, 1.165) is 43.2 Å². The summed E-state index contributed by atoms with van der Waals surface area (Å²) in [4.78, 5) is 34.9. The minimum absolute atomic E-state index is 0.120. The molecule has 0 saturated carbocycles. The number of rotatable bonds is 5. The van der Waals surface area contributed by atoms with E-state index in [-0.39, 0.29) is 12.1 Å². The third-order valence-electron chi connectivity index (χ3n) is 5.36. The first-order chi connectivity index (χ1) is 14.6. The zero-order valence-corrected chi connectivity index (χ0v) is 17.1. The van der Waals surface area contributed by atoms with E-state index < -0.39 is 0 Å². The Labute approximate surface area is 176 Å². The van der Waals surface area contributed by atoms with Crippen LogP contribution < -0.4 is 25.8 Å². The highest BCUT2D eigenvalue weighted by Crippen LogP contribution is 2.21. The maximum Gasteiger partial charge on any atom is 0.321 e. The maximum atomic E-state index is 12.4. The summed E-state index contributed by atoms with van der Waals surface area (Å²) in [6.07, 6.45) is 1.78. The molecule has 0 unspecified atom stereocenters. The summed E-state index contributed by atoms with van der Waals surface area (Å²) in [5.41, 5.74) is 2.39. The molecule has 1 aromatic heterocycles. The van der Waals surface area contributed by atoms with Crippen molar-refractivity contribution < 1.29 is 9.59 Å². The van der Waals surface area contributed by atoms with Gasteiger partial charge >= 0.3 is 12.1 Å². The molecule has 2 saturated heterocycles. The van der Waals surface area contributed by atoms with Crippen LogP contribution in [0, 0.1) is 0 Å². The molecule has 9 nitrogen and oxygen atoms in total. The predicted octanol–water partition coefficient (Wildman–Crippen LogP) is 1.68. The third-order valence-corrected chi connectivity index (χ3v) is 5.36. The van der Waals surface area contributed by atoms with Crippen molar-refractivity contribution in [1.29, 1.82) is 0 Å². The summed E-state index contributed by atoms with van der Waals surface area (Å²) in [5.74, 6) is 0.944. The Bertz CT molecular complexity index is 912. The van der Waals surface area contributed by atoms with Crippen molar-refractivity contribution in [3.63, 3.8) is 0 Å². The van der Waals surface area contributed by atoms with Gasteiger partial charge < -0.3 is 25.8 Å². The van der Waals surface area contributed by atoms with E-state index in [0.29, 0.717) is 25.3 Å². The van der Waals surface area contributed by atoms with Gasteiger partial charge in [-0.3, -0.25) is 4.90 Å². The Morgan fingerprint density at radius 3 is 2.73 bits per heavy atom. The molecule has 2 aliphatic rings. The van der Waals surface area contributed by atoms with Crippen LogP contribution in [0.4, 0.5) is 26.8 Å². The number of hydrogen-bond donors (Lipinski definition) is 3. The van der Waals surface area contributed by atoms with Gasteiger partial charge in [0.05, 0.1) is 0 Å². The zero-order chi connectivity index (χ0) is 20.9. The number of piperazine rings is 1. The number of hydrogen-bond acceptors (Lipinski definition) is 5. The second-order valence-electron chi connectivity index (χ2n) is 7.55. The van der Waals surface area contributed by atoms with Gasteiger partial charge in [-0.25, -0.2) is 14.6 Å². The van der Waals surface area contributed by atoms with Crippen molar-refractivity contribution in [2.45, 2.75) is 6.54 Å². The first kappa shape index (κ1) is 20.0. The molecule has 3 heterocycles. The molecular formula is C21H27N7O2. The van der Waals surface area contributed by atoms with E-state index >= 15 is 0 Å². The molecule has 2 aromatic rings. The van der Waals surface area contributed by atoms with Crippen LogP contribution in [0.5, 0.6) is 0 Å². The zero-order valence-electron chi connectivity index (χ0n) is 17.1. The smallest absolute Gasteiger partial charge is 0.321 e. The fourth-order valence-electron chi connectivity index (χ4n) is 3.61. The van der Waals surface area contributed by atoms with Gasteiger partial charge in [0.2, 0.25) is 0 Å². The Balaban J connectivity index is 1.32. The molecular weight excluding hydrogens is 382 g/mol.